The third kappa shape index (κ3) is 3.15. The third-order valence-corrected chi connectivity index (χ3v) is 3.12. The van der Waals surface area contributed by atoms with Crippen molar-refractivity contribution < 1.29 is 5.11 Å². The molecule has 0 saturated heterocycles. The van der Waals surface area contributed by atoms with Crippen molar-refractivity contribution in [3.05, 3.63) is 45.9 Å². The molecule has 0 amide bonds. The Morgan fingerprint density at radius 3 is 2.88 bits per heavy atom. The molecule has 1 heterocycles. The Morgan fingerprint density at radius 2 is 2.24 bits per heavy atom. The summed E-state index contributed by atoms with van der Waals surface area (Å²) in [6.45, 7) is 0.379. The van der Waals surface area contributed by atoms with Gasteiger partial charge in [-0.15, -0.1) is 0 Å². The quantitative estimate of drug-likeness (QED) is 0.837. The fourth-order valence-electron chi connectivity index (χ4n) is 1.60. The molecule has 1 unspecified atom stereocenters. The van der Waals surface area contributed by atoms with Gasteiger partial charge in [0.2, 0.25) is 4.77 Å². The molecule has 1 aromatic heterocycles. The van der Waals surface area contributed by atoms with E-state index in [1.165, 1.54) is 6.33 Å². The van der Waals surface area contributed by atoms with Gasteiger partial charge in [0.05, 0.1) is 12.6 Å². The van der Waals surface area contributed by atoms with E-state index in [4.69, 9.17) is 23.8 Å². The first-order chi connectivity index (χ1) is 8.16. The van der Waals surface area contributed by atoms with Crippen LogP contribution in [0, 0.1) is 4.77 Å². The summed E-state index contributed by atoms with van der Waals surface area (Å²) < 4.78 is 2.06. The van der Waals surface area contributed by atoms with Crippen LogP contribution in [0.25, 0.3) is 0 Å². The van der Waals surface area contributed by atoms with Gasteiger partial charge in [0.1, 0.15) is 6.33 Å². The standard InChI is InChI=1S/C11H12ClN3OS/c12-10-4-2-1-3-8(10)5-9(16)6-15-11(17)13-7-14-15/h1-4,7,9,16H,5-6H2,(H,13,14,17). The minimum atomic E-state index is -0.554. The average Bonchev–Trinajstić information content (AvgIpc) is 2.68. The number of aromatic nitrogens is 3. The lowest BCUT2D eigenvalue weighted by atomic mass is 10.1. The van der Waals surface area contributed by atoms with Crippen molar-refractivity contribution in [1.29, 1.82) is 0 Å². The van der Waals surface area contributed by atoms with Gasteiger partial charge in [-0.1, -0.05) is 29.8 Å². The fraction of sp³-hybridized carbons (Fsp3) is 0.273. The van der Waals surface area contributed by atoms with Gasteiger partial charge in [0, 0.05) is 11.4 Å². The van der Waals surface area contributed by atoms with Crippen molar-refractivity contribution in [2.24, 2.45) is 0 Å². The zero-order valence-corrected chi connectivity index (χ0v) is 10.6. The molecular weight excluding hydrogens is 258 g/mol. The van der Waals surface area contributed by atoms with E-state index in [-0.39, 0.29) is 0 Å². The van der Waals surface area contributed by atoms with E-state index < -0.39 is 6.10 Å². The summed E-state index contributed by atoms with van der Waals surface area (Å²) in [5.41, 5.74) is 0.924. The summed E-state index contributed by atoms with van der Waals surface area (Å²) in [6, 6.07) is 7.47. The van der Waals surface area contributed by atoms with Crippen LogP contribution < -0.4 is 0 Å². The number of halogens is 1. The van der Waals surface area contributed by atoms with E-state index in [0.29, 0.717) is 22.8 Å². The highest BCUT2D eigenvalue weighted by molar-refractivity contribution is 7.71. The molecule has 2 rings (SSSR count). The van der Waals surface area contributed by atoms with Crippen molar-refractivity contribution in [3.8, 4) is 0 Å². The van der Waals surface area contributed by atoms with Gasteiger partial charge in [0.15, 0.2) is 0 Å². The predicted molar refractivity (Wildman–Crippen MR) is 68.6 cm³/mol. The molecule has 0 aliphatic carbocycles. The minimum absolute atomic E-state index is 0.379. The Labute approximate surface area is 109 Å². The zero-order valence-electron chi connectivity index (χ0n) is 9.01. The van der Waals surface area contributed by atoms with E-state index in [0.717, 1.165) is 5.56 Å². The lowest BCUT2D eigenvalue weighted by Crippen LogP contribution is -2.19. The fourth-order valence-corrected chi connectivity index (χ4v) is 2.00. The molecule has 0 fully saturated rings. The van der Waals surface area contributed by atoms with Crippen LogP contribution in [0.5, 0.6) is 0 Å². The molecule has 0 spiro atoms. The van der Waals surface area contributed by atoms with E-state index in [2.05, 4.69) is 10.1 Å². The Kier molecular flexibility index (Phi) is 3.93. The van der Waals surface area contributed by atoms with Gasteiger partial charge in [-0.2, -0.15) is 0 Å². The number of aliphatic hydroxyl groups is 1. The van der Waals surface area contributed by atoms with Gasteiger partial charge in [-0.3, -0.25) is 9.78 Å². The van der Waals surface area contributed by atoms with Gasteiger partial charge in [-0.25, -0.2) is 4.98 Å². The zero-order chi connectivity index (χ0) is 12.3. The lowest BCUT2D eigenvalue weighted by Gasteiger charge is -2.11. The van der Waals surface area contributed by atoms with E-state index in [9.17, 15) is 5.11 Å². The second-order valence-electron chi connectivity index (χ2n) is 3.73. The number of nitrogens with zero attached hydrogens (tertiary/aromatic N) is 2. The Bertz CT molecular complexity index is 551. The molecule has 1 atom stereocenters. The van der Waals surface area contributed by atoms with E-state index in [1.807, 2.05) is 24.3 Å². The first-order valence-electron chi connectivity index (χ1n) is 5.18. The van der Waals surface area contributed by atoms with Crippen molar-refractivity contribution in [2.45, 2.75) is 19.1 Å². The van der Waals surface area contributed by atoms with Crippen LogP contribution in [-0.4, -0.2) is 26.0 Å². The first kappa shape index (κ1) is 12.3. The maximum Gasteiger partial charge on any atom is 0.215 e. The van der Waals surface area contributed by atoms with Crippen LogP contribution in [0.3, 0.4) is 0 Å². The molecule has 0 aliphatic rings. The number of hydrogen-bond acceptors (Lipinski definition) is 3. The predicted octanol–water partition coefficient (Wildman–Crippen LogP) is 2.20. The number of rotatable bonds is 4. The molecule has 0 radical (unpaired) electrons. The molecule has 90 valence electrons. The monoisotopic (exact) mass is 269 g/mol. The summed E-state index contributed by atoms with van der Waals surface area (Å²) in [7, 11) is 0. The molecule has 0 bridgehead atoms. The van der Waals surface area contributed by atoms with Gasteiger partial charge < -0.3 is 5.11 Å². The topological polar surface area (TPSA) is 53.8 Å². The van der Waals surface area contributed by atoms with Crippen LogP contribution in [-0.2, 0) is 13.0 Å². The highest BCUT2D eigenvalue weighted by Gasteiger charge is 2.09. The van der Waals surface area contributed by atoms with Crippen molar-refractivity contribution in [2.75, 3.05) is 0 Å². The molecule has 0 aliphatic heterocycles. The molecule has 2 N–H and O–H groups in total. The average molecular weight is 270 g/mol. The molecule has 0 saturated carbocycles. The number of H-pyrrole nitrogens is 1. The number of aliphatic hydroxyl groups excluding tert-OH is 1. The highest BCUT2D eigenvalue weighted by atomic mass is 35.5. The maximum absolute atomic E-state index is 9.95. The second-order valence-corrected chi connectivity index (χ2v) is 4.50. The Balaban J connectivity index is 2.03. The highest BCUT2D eigenvalue weighted by Crippen LogP contribution is 2.16. The van der Waals surface area contributed by atoms with Crippen molar-refractivity contribution in [1.82, 2.24) is 14.8 Å². The summed E-state index contributed by atoms with van der Waals surface area (Å²) in [6.07, 6.45) is 1.44. The van der Waals surface area contributed by atoms with Gasteiger partial charge >= 0.3 is 0 Å². The second kappa shape index (κ2) is 5.44. The molecule has 17 heavy (non-hydrogen) atoms. The maximum atomic E-state index is 9.95. The summed E-state index contributed by atoms with van der Waals surface area (Å²) in [4.78, 5) is 3.88. The normalized spacial score (nSPS) is 12.6. The summed E-state index contributed by atoms with van der Waals surface area (Å²) in [5, 5.41) is 13.5. The van der Waals surface area contributed by atoms with Crippen LogP contribution in [0.1, 0.15) is 5.56 Å². The van der Waals surface area contributed by atoms with Crippen LogP contribution in [0.15, 0.2) is 30.6 Å². The largest absolute Gasteiger partial charge is 0.391 e. The number of nitrogens with one attached hydrogen (secondary N) is 1. The molecule has 2 aromatic rings. The van der Waals surface area contributed by atoms with Gasteiger partial charge in [-0.05, 0) is 23.8 Å². The third-order valence-electron chi connectivity index (χ3n) is 2.43. The van der Waals surface area contributed by atoms with Crippen LogP contribution >= 0.6 is 23.8 Å². The summed E-state index contributed by atoms with van der Waals surface area (Å²) >= 11 is 11.0. The molecule has 4 nitrogen and oxygen atoms in total. The van der Waals surface area contributed by atoms with Crippen LogP contribution in [0.2, 0.25) is 5.02 Å². The SMILES string of the molecule is OC(Cc1ccccc1Cl)Cn1[nH]cnc1=S. The van der Waals surface area contributed by atoms with E-state index in [1.54, 1.807) is 4.68 Å². The van der Waals surface area contributed by atoms with Crippen molar-refractivity contribution >= 4 is 23.8 Å². The minimum Gasteiger partial charge on any atom is -0.391 e. The molecule has 6 heteroatoms. The first-order valence-corrected chi connectivity index (χ1v) is 5.97. The van der Waals surface area contributed by atoms with Crippen molar-refractivity contribution in [3.63, 3.8) is 0 Å². The smallest absolute Gasteiger partial charge is 0.215 e. The van der Waals surface area contributed by atoms with Gasteiger partial charge in [0.25, 0.3) is 0 Å². The molecular formula is C11H12ClN3OS. The van der Waals surface area contributed by atoms with Crippen LogP contribution in [0.4, 0.5) is 0 Å². The number of aromatic amines is 1. The Morgan fingerprint density at radius 1 is 1.47 bits per heavy atom. The summed E-state index contributed by atoms with van der Waals surface area (Å²) in [5.74, 6) is 0. The number of benzene rings is 1. The van der Waals surface area contributed by atoms with E-state index >= 15 is 0 Å². The lowest BCUT2D eigenvalue weighted by molar-refractivity contribution is 0.149. The Hall–Kier alpha value is -1.17. The molecule has 1 aromatic carbocycles. The number of hydrogen-bond donors (Lipinski definition) is 2.